The monoisotopic (exact) mass is 328 g/mol. The minimum Gasteiger partial charge on any atom is -0.462 e. The van der Waals surface area contributed by atoms with Gasteiger partial charge in [0, 0.05) is 18.8 Å². The molecule has 1 aromatic carbocycles. The van der Waals surface area contributed by atoms with Gasteiger partial charge >= 0.3 is 5.97 Å². The van der Waals surface area contributed by atoms with Crippen molar-refractivity contribution in [2.45, 2.75) is 6.92 Å². The smallest absolute Gasteiger partial charge is 0.338 e. The SMILES string of the molecule is CCOC(=O)c1ccc(NC(=O)CN2CCOCC2)cc1.Cl. The number of rotatable bonds is 5. The summed E-state index contributed by atoms with van der Waals surface area (Å²) in [5.74, 6) is -0.426. The summed E-state index contributed by atoms with van der Waals surface area (Å²) in [6.45, 7) is 5.34. The molecule has 1 aliphatic rings. The number of benzene rings is 1. The molecule has 1 amide bonds. The van der Waals surface area contributed by atoms with Gasteiger partial charge in [0.15, 0.2) is 0 Å². The molecule has 0 bridgehead atoms. The van der Waals surface area contributed by atoms with E-state index in [0.717, 1.165) is 13.1 Å². The van der Waals surface area contributed by atoms with E-state index < -0.39 is 0 Å². The highest BCUT2D eigenvalue weighted by molar-refractivity contribution is 5.94. The maximum absolute atomic E-state index is 11.9. The van der Waals surface area contributed by atoms with Crippen molar-refractivity contribution in [1.29, 1.82) is 0 Å². The number of carbonyl (C=O) groups excluding carboxylic acids is 2. The van der Waals surface area contributed by atoms with Crippen molar-refractivity contribution in [2.75, 3.05) is 44.8 Å². The second-order valence-electron chi connectivity index (χ2n) is 4.73. The lowest BCUT2D eigenvalue weighted by atomic mass is 10.2. The van der Waals surface area contributed by atoms with Gasteiger partial charge in [-0.15, -0.1) is 12.4 Å². The highest BCUT2D eigenvalue weighted by atomic mass is 35.5. The molecule has 0 radical (unpaired) electrons. The van der Waals surface area contributed by atoms with E-state index in [4.69, 9.17) is 9.47 Å². The Morgan fingerprint density at radius 2 is 1.86 bits per heavy atom. The van der Waals surface area contributed by atoms with E-state index in [0.29, 0.717) is 37.6 Å². The third-order valence-corrected chi connectivity index (χ3v) is 3.15. The molecule has 2 rings (SSSR count). The summed E-state index contributed by atoms with van der Waals surface area (Å²) in [5.41, 5.74) is 1.14. The van der Waals surface area contributed by atoms with Gasteiger partial charge in [0.05, 0.1) is 31.9 Å². The Morgan fingerprint density at radius 1 is 1.23 bits per heavy atom. The molecule has 1 aliphatic heterocycles. The minimum absolute atomic E-state index is 0. The summed E-state index contributed by atoms with van der Waals surface area (Å²) in [6.07, 6.45) is 0. The molecule has 1 N–H and O–H groups in total. The molecule has 0 atom stereocenters. The second kappa shape index (κ2) is 9.40. The van der Waals surface area contributed by atoms with Gasteiger partial charge in [-0.1, -0.05) is 0 Å². The lowest BCUT2D eigenvalue weighted by Gasteiger charge is -2.25. The zero-order valence-corrected chi connectivity index (χ0v) is 13.4. The highest BCUT2D eigenvalue weighted by Crippen LogP contribution is 2.11. The highest BCUT2D eigenvalue weighted by Gasteiger charge is 2.14. The number of nitrogens with zero attached hydrogens (tertiary/aromatic N) is 1. The Bertz CT molecular complexity index is 487. The number of hydrogen-bond donors (Lipinski definition) is 1. The van der Waals surface area contributed by atoms with E-state index in [1.807, 2.05) is 4.90 Å². The average Bonchev–Trinajstić information content (AvgIpc) is 2.49. The number of carbonyl (C=O) groups is 2. The Balaban J connectivity index is 0.00000242. The normalized spacial score (nSPS) is 14.8. The standard InChI is InChI=1S/C15H20N2O4.ClH/c1-2-21-15(19)12-3-5-13(6-4-12)16-14(18)11-17-7-9-20-10-8-17;/h3-6H,2,7-11H2,1H3,(H,16,18);1H. The first-order valence-electron chi connectivity index (χ1n) is 7.06. The molecule has 1 heterocycles. The van der Waals surface area contributed by atoms with Crippen molar-refractivity contribution in [3.63, 3.8) is 0 Å². The third kappa shape index (κ3) is 5.63. The summed E-state index contributed by atoms with van der Waals surface area (Å²) in [5, 5.41) is 2.81. The van der Waals surface area contributed by atoms with Gasteiger partial charge in [0.1, 0.15) is 0 Å². The van der Waals surface area contributed by atoms with Crippen LogP contribution in [0.1, 0.15) is 17.3 Å². The molecular weight excluding hydrogens is 308 g/mol. The molecule has 0 aromatic heterocycles. The van der Waals surface area contributed by atoms with Crippen LogP contribution in [0.2, 0.25) is 0 Å². The van der Waals surface area contributed by atoms with E-state index in [9.17, 15) is 9.59 Å². The molecule has 1 saturated heterocycles. The number of nitrogens with one attached hydrogen (secondary N) is 1. The number of amides is 1. The quantitative estimate of drug-likeness (QED) is 0.831. The van der Waals surface area contributed by atoms with Crippen LogP contribution >= 0.6 is 12.4 Å². The largest absolute Gasteiger partial charge is 0.462 e. The molecule has 122 valence electrons. The molecule has 6 nitrogen and oxygen atoms in total. The topological polar surface area (TPSA) is 67.9 Å². The van der Waals surface area contributed by atoms with Gasteiger partial charge in [-0.3, -0.25) is 9.69 Å². The van der Waals surface area contributed by atoms with Crippen LogP contribution < -0.4 is 5.32 Å². The van der Waals surface area contributed by atoms with Crippen LogP contribution in [0.15, 0.2) is 24.3 Å². The van der Waals surface area contributed by atoms with Crippen LogP contribution in [0.5, 0.6) is 0 Å². The Labute approximate surface area is 136 Å². The number of ether oxygens (including phenoxy) is 2. The van der Waals surface area contributed by atoms with Crippen LogP contribution in [0, 0.1) is 0 Å². The molecule has 0 spiro atoms. The number of halogens is 1. The van der Waals surface area contributed by atoms with Gasteiger partial charge in [-0.2, -0.15) is 0 Å². The van der Waals surface area contributed by atoms with Crippen molar-refractivity contribution in [3.05, 3.63) is 29.8 Å². The zero-order chi connectivity index (χ0) is 15.1. The van der Waals surface area contributed by atoms with Crippen molar-refractivity contribution >= 4 is 30.0 Å². The number of anilines is 1. The van der Waals surface area contributed by atoms with Crippen molar-refractivity contribution in [3.8, 4) is 0 Å². The van der Waals surface area contributed by atoms with E-state index in [2.05, 4.69) is 5.32 Å². The van der Waals surface area contributed by atoms with E-state index in [-0.39, 0.29) is 24.3 Å². The average molecular weight is 329 g/mol. The van der Waals surface area contributed by atoms with Gasteiger partial charge in [-0.05, 0) is 31.2 Å². The van der Waals surface area contributed by atoms with Gasteiger partial charge in [0.25, 0.3) is 0 Å². The minimum atomic E-state index is -0.358. The molecule has 7 heteroatoms. The summed E-state index contributed by atoms with van der Waals surface area (Å²) in [7, 11) is 0. The fraction of sp³-hybridized carbons (Fsp3) is 0.467. The van der Waals surface area contributed by atoms with Gasteiger partial charge < -0.3 is 14.8 Å². The van der Waals surface area contributed by atoms with Crippen molar-refractivity contribution in [2.24, 2.45) is 0 Å². The fourth-order valence-corrected chi connectivity index (χ4v) is 2.07. The maximum atomic E-state index is 11.9. The Morgan fingerprint density at radius 3 is 2.45 bits per heavy atom. The molecule has 1 fully saturated rings. The predicted octanol–water partition coefficient (Wildman–Crippen LogP) is 1.56. The van der Waals surface area contributed by atoms with E-state index in [1.165, 1.54) is 0 Å². The number of morpholine rings is 1. The number of esters is 1. The third-order valence-electron chi connectivity index (χ3n) is 3.15. The summed E-state index contributed by atoms with van der Waals surface area (Å²) >= 11 is 0. The maximum Gasteiger partial charge on any atom is 0.338 e. The summed E-state index contributed by atoms with van der Waals surface area (Å²) in [6, 6.07) is 6.68. The molecule has 0 unspecified atom stereocenters. The van der Waals surface area contributed by atoms with Gasteiger partial charge in [0.2, 0.25) is 5.91 Å². The Hall–Kier alpha value is -1.63. The number of hydrogen-bond acceptors (Lipinski definition) is 5. The Kier molecular flexibility index (Phi) is 7.87. The molecule has 1 aromatic rings. The van der Waals surface area contributed by atoms with Crippen molar-refractivity contribution in [1.82, 2.24) is 4.90 Å². The lowest BCUT2D eigenvalue weighted by Crippen LogP contribution is -2.41. The first-order valence-corrected chi connectivity index (χ1v) is 7.06. The fourth-order valence-electron chi connectivity index (χ4n) is 2.07. The van der Waals surface area contributed by atoms with Crippen LogP contribution in [0.3, 0.4) is 0 Å². The predicted molar refractivity (Wildman–Crippen MR) is 85.5 cm³/mol. The van der Waals surface area contributed by atoms with Crippen LogP contribution in [-0.4, -0.2) is 56.2 Å². The van der Waals surface area contributed by atoms with Crippen LogP contribution in [-0.2, 0) is 14.3 Å². The van der Waals surface area contributed by atoms with Crippen LogP contribution in [0.4, 0.5) is 5.69 Å². The van der Waals surface area contributed by atoms with Crippen molar-refractivity contribution < 1.29 is 19.1 Å². The first-order chi connectivity index (χ1) is 10.2. The lowest BCUT2D eigenvalue weighted by molar-refractivity contribution is -0.118. The van der Waals surface area contributed by atoms with E-state index >= 15 is 0 Å². The molecule has 0 aliphatic carbocycles. The summed E-state index contributed by atoms with van der Waals surface area (Å²) in [4.78, 5) is 25.5. The molecular formula is C15H21ClN2O4. The van der Waals surface area contributed by atoms with E-state index in [1.54, 1.807) is 31.2 Å². The van der Waals surface area contributed by atoms with Crippen LogP contribution in [0.25, 0.3) is 0 Å². The summed E-state index contributed by atoms with van der Waals surface area (Å²) < 4.78 is 10.1. The van der Waals surface area contributed by atoms with Gasteiger partial charge in [-0.25, -0.2) is 4.79 Å². The first kappa shape index (κ1) is 18.4. The second-order valence-corrected chi connectivity index (χ2v) is 4.73. The molecule has 22 heavy (non-hydrogen) atoms. The zero-order valence-electron chi connectivity index (χ0n) is 12.5. The molecule has 0 saturated carbocycles.